The Morgan fingerprint density at radius 3 is 2.89 bits per heavy atom. The Bertz CT molecular complexity index is 1440. The van der Waals surface area contributed by atoms with Gasteiger partial charge in [-0.2, -0.15) is 0 Å². The Balaban J connectivity index is 1.47. The minimum atomic E-state index is -3.47. The molecule has 0 saturated carbocycles. The van der Waals surface area contributed by atoms with Crippen LogP contribution in [0.4, 0.5) is 0 Å². The Kier molecular flexibility index (Phi) is 6.18. The summed E-state index contributed by atoms with van der Waals surface area (Å²) in [6, 6.07) is 11.4. The van der Waals surface area contributed by atoms with Crippen LogP contribution >= 0.6 is 0 Å². The number of amidine groups is 1. The van der Waals surface area contributed by atoms with Gasteiger partial charge >= 0.3 is 0 Å². The van der Waals surface area contributed by atoms with E-state index in [1.54, 1.807) is 24.7 Å². The summed E-state index contributed by atoms with van der Waals surface area (Å²) in [7, 11) is -3.47. The number of aromatic nitrogens is 2. The minimum Gasteiger partial charge on any atom is -0.370 e. The molecule has 5 N–H and O–H groups in total. The van der Waals surface area contributed by atoms with Crippen molar-refractivity contribution in [3.05, 3.63) is 84.0 Å². The summed E-state index contributed by atoms with van der Waals surface area (Å²) in [6.07, 6.45) is 12.0. The lowest BCUT2D eigenvalue weighted by molar-refractivity contribution is 0.408. The molecule has 3 aromatic rings. The van der Waals surface area contributed by atoms with Gasteiger partial charge in [0.1, 0.15) is 5.84 Å². The topological polar surface area (TPSA) is 126 Å². The van der Waals surface area contributed by atoms with E-state index >= 15 is 0 Å². The van der Waals surface area contributed by atoms with Gasteiger partial charge in [-0.25, -0.2) is 17.4 Å². The highest BCUT2D eigenvalue weighted by Crippen LogP contribution is 2.33. The first-order chi connectivity index (χ1) is 16.8. The number of benzene rings is 1. The summed E-state index contributed by atoms with van der Waals surface area (Å²) in [6.45, 7) is 2.27. The lowest BCUT2D eigenvalue weighted by Gasteiger charge is -2.30. The number of aliphatic imine (C=N–C) groups is 1. The second-order valence-corrected chi connectivity index (χ2v) is 10.6. The molecule has 35 heavy (non-hydrogen) atoms. The summed E-state index contributed by atoms with van der Waals surface area (Å²) in [5.74, 6) is -0.527. The normalized spacial score (nSPS) is 20.3. The Morgan fingerprint density at radius 2 is 2.14 bits per heavy atom. The van der Waals surface area contributed by atoms with E-state index in [0.717, 1.165) is 53.7 Å². The molecule has 10 heteroatoms. The Hall–Kier alpha value is -3.47. The van der Waals surface area contributed by atoms with Gasteiger partial charge in [0.15, 0.2) is 0 Å². The van der Waals surface area contributed by atoms with Crippen LogP contribution in [0.5, 0.6) is 0 Å². The third kappa shape index (κ3) is 4.86. The van der Waals surface area contributed by atoms with Crippen LogP contribution in [0, 0.1) is 0 Å². The fourth-order valence-electron chi connectivity index (χ4n) is 4.45. The summed E-state index contributed by atoms with van der Waals surface area (Å²) < 4.78 is 26.3. The molecule has 0 spiro atoms. The van der Waals surface area contributed by atoms with Crippen molar-refractivity contribution in [1.82, 2.24) is 24.9 Å². The van der Waals surface area contributed by atoms with Gasteiger partial charge in [-0.3, -0.25) is 10.7 Å². The maximum absolute atomic E-state index is 12.5. The Labute approximate surface area is 204 Å². The molecule has 2 aromatic heterocycles. The first-order valence-corrected chi connectivity index (χ1v) is 13.4. The van der Waals surface area contributed by atoms with Gasteiger partial charge in [0.05, 0.1) is 11.8 Å². The molecule has 0 saturated heterocycles. The number of rotatable bonds is 6. The minimum absolute atomic E-state index is 0.623. The zero-order chi connectivity index (χ0) is 24.5. The van der Waals surface area contributed by atoms with E-state index in [4.69, 9.17) is 10.7 Å². The zero-order valence-electron chi connectivity index (χ0n) is 19.5. The van der Waals surface area contributed by atoms with Crippen LogP contribution in [0.1, 0.15) is 23.2 Å². The van der Waals surface area contributed by atoms with Crippen LogP contribution in [0.2, 0.25) is 0 Å². The van der Waals surface area contributed by atoms with Crippen LogP contribution < -0.4 is 21.7 Å². The van der Waals surface area contributed by atoms with Crippen molar-refractivity contribution in [2.24, 2.45) is 10.7 Å². The van der Waals surface area contributed by atoms with E-state index in [1.807, 2.05) is 36.4 Å². The molecular weight excluding hydrogens is 462 g/mol. The number of nitrogens with two attached hydrogens (primary N) is 1. The highest BCUT2D eigenvalue weighted by molar-refractivity contribution is 7.89. The SMILES string of the molecule is CS(=O)(=O)n1cc(C2=CCNCC2)c2cc(C3(N)N=C(NCCc4ccccn4)C=CN3)ccc21. The summed E-state index contributed by atoms with van der Waals surface area (Å²) in [5, 5.41) is 10.6. The summed E-state index contributed by atoms with van der Waals surface area (Å²) in [5.41, 5.74) is 11.1. The highest BCUT2D eigenvalue weighted by atomic mass is 32.2. The zero-order valence-corrected chi connectivity index (χ0v) is 20.3. The highest BCUT2D eigenvalue weighted by Gasteiger charge is 2.29. The summed E-state index contributed by atoms with van der Waals surface area (Å²) in [4.78, 5) is 9.08. The van der Waals surface area contributed by atoms with Gasteiger partial charge in [-0.1, -0.05) is 18.2 Å². The number of nitrogens with one attached hydrogen (secondary N) is 3. The quantitative estimate of drug-likeness (QED) is 0.413. The Morgan fingerprint density at radius 1 is 1.26 bits per heavy atom. The van der Waals surface area contributed by atoms with Crippen molar-refractivity contribution in [2.45, 2.75) is 18.6 Å². The average molecular weight is 492 g/mol. The lowest BCUT2D eigenvalue weighted by atomic mass is 9.97. The number of hydrogen-bond donors (Lipinski definition) is 4. The van der Waals surface area contributed by atoms with Crippen LogP contribution in [0.25, 0.3) is 16.5 Å². The standard InChI is InChI=1S/C25H29N7O2S/c1-35(33,34)32-17-22(18-7-12-27-13-8-18)21-16-19(5-6-23(21)32)25(26)30-15-10-24(31-25)29-14-9-20-4-2-3-11-28-20/h2-7,10-11,15-17,27,30H,8-9,12-14,26H2,1H3,(H,29,31). The molecule has 1 unspecified atom stereocenters. The van der Waals surface area contributed by atoms with Crippen molar-refractivity contribution in [2.75, 3.05) is 25.9 Å². The molecule has 182 valence electrons. The fraction of sp³-hybridized carbons (Fsp3) is 0.280. The van der Waals surface area contributed by atoms with Gasteiger partial charge in [-0.05, 0) is 48.9 Å². The molecule has 5 rings (SSSR count). The van der Waals surface area contributed by atoms with Crippen molar-refractivity contribution in [3.8, 4) is 0 Å². The van der Waals surface area contributed by atoms with E-state index in [1.165, 1.54) is 10.2 Å². The van der Waals surface area contributed by atoms with E-state index in [2.05, 4.69) is 27.0 Å². The molecule has 9 nitrogen and oxygen atoms in total. The average Bonchev–Trinajstić information content (AvgIpc) is 3.25. The van der Waals surface area contributed by atoms with E-state index < -0.39 is 15.8 Å². The molecule has 0 bridgehead atoms. The molecule has 0 radical (unpaired) electrons. The van der Waals surface area contributed by atoms with Gasteiger partial charge < -0.3 is 16.0 Å². The largest absolute Gasteiger partial charge is 0.370 e. The molecule has 0 aliphatic carbocycles. The van der Waals surface area contributed by atoms with E-state index in [-0.39, 0.29) is 0 Å². The predicted octanol–water partition coefficient (Wildman–Crippen LogP) is 1.64. The summed E-state index contributed by atoms with van der Waals surface area (Å²) >= 11 is 0. The number of hydrogen-bond acceptors (Lipinski definition) is 8. The molecule has 2 aliphatic rings. The van der Waals surface area contributed by atoms with Crippen molar-refractivity contribution in [3.63, 3.8) is 0 Å². The first-order valence-electron chi connectivity index (χ1n) is 11.6. The fourth-order valence-corrected chi connectivity index (χ4v) is 5.27. The number of pyridine rings is 1. The predicted molar refractivity (Wildman–Crippen MR) is 139 cm³/mol. The molecule has 0 amide bonds. The van der Waals surface area contributed by atoms with Gasteiger partial charge in [0.25, 0.3) is 0 Å². The van der Waals surface area contributed by atoms with Crippen LogP contribution in [0.15, 0.2) is 72.1 Å². The third-order valence-electron chi connectivity index (χ3n) is 6.23. The second-order valence-electron chi connectivity index (χ2n) is 8.76. The second kappa shape index (κ2) is 9.29. The number of nitrogens with zero attached hydrogens (tertiary/aromatic N) is 3. The third-order valence-corrected chi connectivity index (χ3v) is 7.25. The van der Waals surface area contributed by atoms with E-state index in [0.29, 0.717) is 17.9 Å². The molecule has 1 aromatic carbocycles. The van der Waals surface area contributed by atoms with Crippen LogP contribution in [0.3, 0.4) is 0 Å². The van der Waals surface area contributed by atoms with Crippen molar-refractivity contribution in [1.29, 1.82) is 0 Å². The maximum Gasteiger partial charge on any atom is 0.236 e. The smallest absolute Gasteiger partial charge is 0.236 e. The lowest BCUT2D eigenvalue weighted by Crippen LogP contribution is -2.50. The molecule has 1 atom stereocenters. The first kappa shape index (κ1) is 23.3. The monoisotopic (exact) mass is 491 g/mol. The molecule has 2 aliphatic heterocycles. The van der Waals surface area contributed by atoms with Crippen molar-refractivity contribution >= 4 is 32.3 Å². The van der Waals surface area contributed by atoms with Crippen LogP contribution in [-0.2, 0) is 22.2 Å². The molecule has 4 heterocycles. The van der Waals surface area contributed by atoms with Gasteiger partial charge in [-0.15, -0.1) is 0 Å². The number of fused-ring (bicyclic) bond motifs is 1. The maximum atomic E-state index is 12.5. The van der Waals surface area contributed by atoms with Gasteiger partial charge in [0, 0.05) is 60.3 Å². The molecule has 0 fully saturated rings. The van der Waals surface area contributed by atoms with Crippen LogP contribution in [-0.4, -0.2) is 49.1 Å². The molecular formula is C25H29N7O2S. The van der Waals surface area contributed by atoms with Gasteiger partial charge in [0.2, 0.25) is 15.8 Å². The van der Waals surface area contributed by atoms with Crippen molar-refractivity contribution < 1.29 is 8.42 Å². The van der Waals surface area contributed by atoms with E-state index in [9.17, 15) is 8.42 Å².